The minimum atomic E-state index is -0.468. The van der Waals surface area contributed by atoms with Crippen LogP contribution in [0.4, 0.5) is 8.78 Å². The van der Waals surface area contributed by atoms with E-state index in [4.69, 9.17) is 10.5 Å². The number of methoxy groups -OCH3 is 1. The van der Waals surface area contributed by atoms with E-state index >= 15 is 0 Å². The zero-order valence-corrected chi connectivity index (χ0v) is 11.1. The minimum Gasteiger partial charge on any atom is -0.494 e. The molecule has 0 heterocycles. The number of nitrogens with two attached hydrogens (primary N) is 1. The summed E-state index contributed by atoms with van der Waals surface area (Å²) in [7, 11) is 1.40. The highest BCUT2D eigenvalue weighted by molar-refractivity contribution is 5.80. The van der Waals surface area contributed by atoms with E-state index in [9.17, 15) is 8.78 Å². The van der Waals surface area contributed by atoms with Crippen molar-refractivity contribution in [3.63, 3.8) is 0 Å². The first kappa shape index (κ1) is 14.2. The maximum Gasteiger partial charge on any atom is 0.165 e. The van der Waals surface area contributed by atoms with Gasteiger partial charge < -0.3 is 10.5 Å². The molecule has 0 atom stereocenters. The number of hydrogen-bond acceptors (Lipinski definition) is 2. The van der Waals surface area contributed by atoms with Crippen molar-refractivity contribution in [2.24, 2.45) is 5.73 Å². The quantitative estimate of drug-likeness (QED) is 0.928. The highest BCUT2D eigenvalue weighted by Crippen LogP contribution is 2.27. The molecule has 0 amide bonds. The summed E-state index contributed by atoms with van der Waals surface area (Å²) in [6.45, 7) is 0.277. The van der Waals surface area contributed by atoms with E-state index in [0.717, 1.165) is 0 Å². The number of ether oxygens (including phenoxy) is 1. The third-order valence-electron chi connectivity index (χ3n) is 2.92. The summed E-state index contributed by atoms with van der Waals surface area (Å²) in [6.07, 6.45) is 1.73. The molecular weight excluding hydrogens is 260 g/mol. The molecular formula is C16H15F2NO. The highest BCUT2D eigenvalue weighted by atomic mass is 19.1. The molecule has 0 bridgehead atoms. The average molecular weight is 275 g/mol. The van der Waals surface area contributed by atoms with E-state index in [1.54, 1.807) is 24.3 Å². The Morgan fingerprint density at radius 3 is 2.50 bits per heavy atom. The predicted molar refractivity (Wildman–Crippen MR) is 75.5 cm³/mol. The van der Waals surface area contributed by atoms with Gasteiger partial charge in [-0.3, -0.25) is 0 Å². The molecule has 4 heteroatoms. The van der Waals surface area contributed by atoms with Gasteiger partial charge in [0.15, 0.2) is 11.6 Å². The van der Waals surface area contributed by atoms with Crippen LogP contribution in [0.5, 0.6) is 5.75 Å². The van der Waals surface area contributed by atoms with Crippen LogP contribution in [0, 0.1) is 11.6 Å². The summed E-state index contributed by atoms with van der Waals surface area (Å²) in [5.74, 6) is -0.649. The molecule has 0 spiro atoms. The monoisotopic (exact) mass is 275 g/mol. The molecule has 0 aliphatic rings. The van der Waals surface area contributed by atoms with Crippen molar-refractivity contribution in [2.75, 3.05) is 13.7 Å². The fraction of sp³-hybridized carbons (Fsp3) is 0.125. The highest BCUT2D eigenvalue weighted by Gasteiger charge is 2.09. The lowest BCUT2D eigenvalue weighted by Gasteiger charge is -2.10. The van der Waals surface area contributed by atoms with Crippen molar-refractivity contribution < 1.29 is 13.5 Å². The average Bonchev–Trinajstić information content (AvgIpc) is 2.44. The van der Waals surface area contributed by atoms with Crippen LogP contribution < -0.4 is 10.5 Å². The summed E-state index contributed by atoms with van der Waals surface area (Å²) in [5, 5.41) is 0. The van der Waals surface area contributed by atoms with Gasteiger partial charge in [-0.25, -0.2) is 8.78 Å². The zero-order valence-electron chi connectivity index (χ0n) is 11.1. The van der Waals surface area contributed by atoms with Crippen molar-refractivity contribution >= 4 is 5.57 Å². The van der Waals surface area contributed by atoms with Crippen LogP contribution in [0.1, 0.15) is 11.1 Å². The van der Waals surface area contributed by atoms with Gasteiger partial charge in [-0.15, -0.1) is 0 Å². The summed E-state index contributed by atoms with van der Waals surface area (Å²) in [6, 6.07) is 10.7. The van der Waals surface area contributed by atoms with Crippen molar-refractivity contribution in [3.05, 3.63) is 71.3 Å². The lowest BCUT2D eigenvalue weighted by atomic mass is 9.97. The molecule has 0 unspecified atom stereocenters. The van der Waals surface area contributed by atoms with E-state index in [-0.39, 0.29) is 18.1 Å². The molecule has 2 aromatic rings. The molecule has 2 N–H and O–H groups in total. The first-order valence-electron chi connectivity index (χ1n) is 6.15. The van der Waals surface area contributed by atoms with Crippen LogP contribution in [0.15, 0.2) is 48.5 Å². The number of rotatable bonds is 4. The fourth-order valence-electron chi connectivity index (χ4n) is 2.01. The van der Waals surface area contributed by atoms with Crippen LogP contribution in [0.3, 0.4) is 0 Å². The number of halogens is 2. The predicted octanol–water partition coefficient (Wildman–Crippen LogP) is 3.36. The van der Waals surface area contributed by atoms with Gasteiger partial charge in [0.05, 0.1) is 7.11 Å². The molecule has 2 rings (SSSR count). The van der Waals surface area contributed by atoms with Gasteiger partial charge in [0, 0.05) is 6.54 Å². The largest absolute Gasteiger partial charge is 0.494 e. The molecule has 0 saturated heterocycles. The third-order valence-corrected chi connectivity index (χ3v) is 2.92. The van der Waals surface area contributed by atoms with E-state index in [0.29, 0.717) is 16.7 Å². The third kappa shape index (κ3) is 3.03. The summed E-state index contributed by atoms with van der Waals surface area (Å²) in [4.78, 5) is 0. The Morgan fingerprint density at radius 1 is 1.15 bits per heavy atom. The Balaban J connectivity index is 2.49. The molecule has 0 radical (unpaired) electrons. The van der Waals surface area contributed by atoms with Gasteiger partial charge in [-0.05, 0) is 41.0 Å². The van der Waals surface area contributed by atoms with Crippen LogP contribution in [-0.2, 0) is 0 Å². The van der Waals surface area contributed by atoms with Gasteiger partial charge in [0.25, 0.3) is 0 Å². The second kappa shape index (κ2) is 6.30. The van der Waals surface area contributed by atoms with Crippen molar-refractivity contribution in [1.29, 1.82) is 0 Å². The molecule has 2 nitrogen and oxygen atoms in total. The van der Waals surface area contributed by atoms with Crippen LogP contribution in [-0.4, -0.2) is 13.7 Å². The Bertz CT molecular complexity index is 638. The van der Waals surface area contributed by atoms with Crippen molar-refractivity contribution in [3.8, 4) is 5.75 Å². The second-order valence-electron chi connectivity index (χ2n) is 4.21. The topological polar surface area (TPSA) is 35.2 Å². The van der Waals surface area contributed by atoms with E-state index in [1.165, 1.54) is 31.4 Å². The molecule has 0 aliphatic carbocycles. The Morgan fingerprint density at radius 2 is 1.90 bits per heavy atom. The standard InChI is InChI=1S/C16H15F2NO/c1-20-16-6-5-12(10-15(16)18)14(7-8-19)11-3-2-4-13(17)9-11/h2-7,9-10H,8,19H2,1H3. The van der Waals surface area contributed by atoms with Gasteiger partial charge >= 0.3 is 0 Å². The maximum atomic E-state index is 13.8. The van der Waals surface area contributed by atoms with Gasteiger partial charge in [0.2, 0.25) is 0 Å². The van der Waals surface area contributed by atoms with Crippen LogP contribution in [0.2, 0.25) is 0 Å². The normalized spacial score (nSPS) is 11.5. The van der Waals surface area contributed by atoms with E-state index in [1.807, 2.05) is 0 Å². The number of benzene rings is 2. The van der Waals surface area contributed by atoms with Gasteiger partial charge in [0.1, 0.15) is 5.82 Å². The molecule has 0 fully saturated rings. The lowest BCUT2D eigenvalue weighted by molar-refractivity contribution is 0.386. The van der Waals surface area contributed by atoms with Gasteiger partial charge in [-0.2, -0.15) is 0 Å². The molecule has 104 valence electrons. The van der Waals surface area contributed by atoms with E-state index in [2.05, 4.69) is 0 Å². The van der Waals surface area contributed by atoms with Crippen LogP contribution in [0.25, 0.3) is 5.57 Å². The van der Waals surface area contributed by atoms with Crippen molar-refractivity contribution in [1.82, 2.24) is 0 Å². The summed E-state index contributed by atoms with van der Waals surface area (Å²) < 4.78 is 32.0. The molecule has 20 heavy (non-hydrogen) atoms. The Hall–Kier alpha value is -2.20. The van der Waals surface area contributed by atoms with E-state index < -0.39 is 5.82 Å². The minimum absolute atomic E-state index is 0.167. The number of hydrogen-bond donors (Lipinski definition) is 1. The maximum absolute atomic E-state index is 13.8. The first-order valence-corrected chi connectivity index (χ1v) is 6.15. The summed E-state index contributed by atoms with van der Waals surface area (Å²) >= 11 is 0. The smallest absolute Gasteiger partial charge is 0.165 e. The molecule has 2 aromatic carbocycles. The second-order valence-corrected chi connectivity index (χ2v) is 4.21. The Kier molecular flexibility index (Phi) is 4.48. The van der Waals surface area contributed by atoms with Crippen LogP contribution >= 0.6 is 0 Å². The van der Waals surface area contributed by atoms with Gasteiger partial charge in [-0.1, -0.05) is 24.3 Å². The molecule has 0 aromatic heterocycles. The van der Waals surface area contributed by atoms with Crippen molar-refractivity contribution in [2.45, 2.75) is 0 Å². The SMILES string of the molecule is COc1ccc(C(=CCN)c2cccc(F)c2)cc1F. The lowest BCUT2D eigenvalue weighted by Crippen LogP contribution is -1.98. The molecule has 0 saturated carbocycles. The first-order chi connectivity index (χ1) is 9.65. The Labute approximate surface area is 116 Å². The fourth-order valence-corrected chi connectivity index (χ4v) is 2.01. The molecule has 0 aliphatic heterocycles. The zero-order chi connectivity index (χ0) is 14.5. The summed E-state index contributed by atoms with van der Waals surface area (Å²) in [5.41, 5.74) is 7.51.